The van der Waals surface area contributed by atoms with E-state index in [1.165, 1.54) is 82.6 Å². The number of hydrogen-bond donors (Lipinski definition) is 0. The molecule has 0 aliphatic heterocycles. The first-order chi connectivity index (χ1) is 12.3. The van der Waals surface area contributed by atoms with Crippen LogP contribution in [0.4, 0.5) is 0 Å². The number of hydrogen-bond acceptors (Lipinski definition) is 1. The molecule has 1 atom stereocenters. The van der Waals surface area contributed by atoms with Crippen LogP contribution in [0.5, 0.6) is 0 Å². The summed E-state index contributed by atoms with van der Waals surface area (Å²) in [6.45, 7) is 8.63. The molecule has 0 heterocycles. The molecule has 0 radical (unpaired) electrons. The molecule has 0 fully saturated rings. The summed E-state index contributed by atoms with van der Waals surface area (Å²) < 4.78 is 6.27. The Balaban J connectivity index is 2.62. The van der Waals surface area contributed by atoms with Gasteiger partial charge in [0.1, 0.15) is 0 Å². The molecular weight excluding hydrogens is 304 g/mol. The van der Waals surface area contributed by atoms with Gasteiger partial charge in [-0.25, -0.2) is 0 Å². The molecule has 1 heteroatoms. The summed E-state index contributed by atoms with van der Waals surface area (Å²) in [5, 5.41) is 0. The standard InChI is InChI=1S/C24H42O/c1-4-7-10-15-20-24(18-9-6-3,19-14-8-5-2)22-25-21-23-16-12-11-13-17-23/h11-13,16-17H,4-10,14-15,18-22H2,1-3H3. The number of ether oxygens (including phenoxy) is 1. The first-order valence-corrected chi connectivity index (χ1v) is 10.9. The zero-order chi connectivity index (χ0) is 18.2. The van der Waals surface area contributed by atoms with Gasteiger partial charge in [0.15, 0.2) is 0 Å². The lowest BCUT2D eigenvalue weighted by Gasteiger charge is -2.34. The molecule has 0 aliphatic rings. The molecule has 1 unspecified atom stereocenters. The van der Waals surface area contributed by atoms with Crippen molar-refractivity contribution in [2.24, 2.45) is 5.41 Å². The predicted octanol–water partition coefficient (Wildman–Crippen LogP) is 7.93. The highest BCUT2D eigenvalue weighted by atomic mass is 16.5. The number of rotatable bonds is 16. The van der Waals surface area contributed by atoms with Crippen LogP contribution in [0, 0.1) is 5.41 Å². The minimum Gasteiger partial charge on any atom is -0.376 e. The van der Waals surface area contributed by atoms with E-state index in [2.05, 4.69) is 51.1 Å². The van der Waals surface area contributed by atoms with Gasteiger partial charge in [-0.1, -0.05) is 109 Å². The summed E-state index contributed by atoms with van der Waals surface area (Å²) in [5.74, 6) is 0. The minimum absolute atomic E-state index is 0.410. The fourth-order valence-electron chi connectivity index (χ4n) is 3.78. The Kier molecular flexibility index (Phi) is 12.8. The predicted molar refractivity (Wildman–Crippen MR) is 111 cm³/mol. The first kappa shape index (κ1) is 22.2. The molecule has 1 nitrogen and oxygen atoms in total. The van der Waals surface area contributed by atoms with Crippen molar-refractivity contribution in [3.63, 3.8) is 0 Å². The minimum atomic E-state index is 0.410. The Morgan fingerprint density at radius 2 is 1.24 bits per heavy atom. The molecule has 0 spiro atoms. The molecule has 0 saturated heterocycles. The fraction of sp³-hybridized carbons (Fsp3) is 0.750. The van der Waals surface area contributed by atoms with Crippen LogP contribution in [0.1, 0.15) is 103 Å². The summed E-state index contributed by atoms with van der Waals surface area (Å²) in [5.41, 5.74) is 1.71. The molecule has 1 aromatic carbocycles. The molecule has 144 valence electrons. The normalized spacial score (nSPS) is 13.7. The maximum absolute atomic E-state index is 6.27. The van der Waals surface area contributed by atoms with E-state index in [0.29, 0.717) is 5.41 Å². The van der Waals surface area contributed by atoms with E-state index in [0.717, 1.165) is 13.2 Å². The molecule has 0 aliphatic carbocycles. The van der Waals surface area contributed by atoms with Crippen molar-refractivity contribution in [2.75, 3.05) is 6.61 Å². The molecule has 0 bridgehead atoms. The Bertz CT molecular complexity index is 400. The highest BCUT2D eigenvalue weighted by Gasteiger charge is 2.29. The Morgan fingerprint density at radius 3 is 1.88 bits per heavy atom. The monoisotopic (exact) mass is 346 g/mol. The molecule has 0 amide bonds. The first-order valence-electron chi connectivity index (χ1n) is 10.9. The lowest BCUT2D eigenvalue weighted by atomic mass is 9.74. The molecule has 1 aromatic rings. The van der Waals surface area contributed by atoms with E-state index in [9.17, 15) is 0 Å². The van der Waals surface area contributed by atoms with Gasteiger partial charge in [-0.3, -0.25) is 0 Å². The number of benzene rings is 1. The van der Waals surface area contributed by atoms with E-state index >= 15 is 0 Å². The summed E-state index contributed by atoms with van der Waals surface area (Å²) in [4.78, 5) is 0. The van der Waals surface area contributed by atoms with Gasteiger partial charge in [-0.05, 0) is 30.2 Å². The van der Waals surface area contributed by atoms with Gasteiger partial charge >= 0.3 is 0 Å². The molecule has 1 rings (SSSR count). The van der Waals surface area contributed by atoms with Crippen LogP contribution in [-0.2, 0) is 11.3 Å². The highest BCUT2D eigenvalue weighted by Crippen LogP contribution is 2.37. The number of unbranched alkanes of at least 4 members (excludes halogenated alkanes) is 6. The average molecular weight is 347 g/mol. The lowest BCUT2D eigenvalue weighted by Crippen LogP contribution is -2.27. The average Bonchev–Trinajstić information content (AvgIpc) is 2.64. The van der Waals surface area contributed by atoms with Gasteiger partial charge in [-0.15, -0.1) is 0 Å². The summed E-state index contributed by atoms with van der Waals surface area (Å²) in [6, 6.07) is 10.6. The Morgan fingerprint density at radius 1 is 0.680 bits per heavy atom. The van der Waals surface area contributed by atoms with E-state index in [4.69, 9.17) is 4.74 Å². The second kappa shape index (κ2) is 14.4. The van der Waals surface area contributed by atoms with Crippen LogP contribution in [0.25, 0.3) is 0 Å². The Hall–Kier alpha value is -0.820. The van der Waals surface area contributed by atoms with Crippen molar-refractivity contribution in [1.29, 1.82) is 0 Å². The van der Waals surface area contributed by atoms with Gasteiger partial charge in [0.05, 0.1) is 13.2 Å². The fourth-order valence-corrected chi connectivity index (χ4v) is 3.78. The van der Waals surface area contributed by atoms with E-state index in [1.54, 1.807) is 0 Å². The van der Waals surface area contributed by atoms with Crippen LogP contribution in [0.2, 0.25) is 0 Å². The quantitative estimate of drug-likeness (QED) is 0.276. The molecule has 0 aromatic heterocycles. The van der Waals surface area contributed by atoms with Crippen molar-refractivity contribution in [2.45, 2.75) is 104 Å². The van der Waals surface area contributed by atoms with Crippen LogP contribution in [0.15, 0.2) is 30.3 Å². The smallest absolute Gasteiger partial charge is 0.0717 e. The second-order valence-electron chi connectivity index (χ2n) is 7.85. The SMILES string of the molecule is CCCCCCC(CCCC)(CCCCC)COCc1ccccc1. The van der Waals surface area contributed by atoms with Crippen LogP contribution < -0.4 is 0 Å². The third kappa shape index (κ3) is 10.0. The van der Waals surface area contributed by atoms with Crippen molar-refractivity contribution < 1.29 is 4.74 Å². The highest BCUT2D eigenvalue weighted by molar-refractivity contribution is 5.13. The van der Waals surface area contributed by atoms with Gasteiger partial charge in [0, 0.05) is 0 Å². The second-order valence-corrected chi connectivity index (χ2v) is 7.85. The molecule has 0 N–H and O–H groups in total. The van der Waals surface area contributed by atoms with Gasteiger partial charge < -0.3 is 4.74 Å². The molecular formula is C24H42O. The van der Waals surface area contributed by atoms with E-state index < -0.39 is 0 Å². The van der Waals surface area contributed by atoms with Gasteiger partial charge in [-0.2, -0.15) is 0 Å². The zero-order valence-corrected chi connectivity index (χ0v) is 17.2. The maximum Gasteiger partial charge on any atom is 0.0717 e. The van der Waals surface area contributed by atoms with Crippen LogP contribution >= 0.6 is 0 Å². The van der Waals surface area contributed by atoms with Gasteiger partial charge in [0.2, 0.25) is 0 Å². The van der Waals surface area contributed by atoms with E-state index in [-0.39, 0.29) is 0 Å². The summed E-state index contributed by atoms with van der Waals surface area (Å²) >= 11 is 0. The van der Waals surface area contributed by atoms with Crippen molar-refractivity contribution in [3.8, 4) is 0 Å². The Labute approximate surface area is 157 Å². The van der Waals surface area contributed by atoms with E-state index in [1.807, 2.05) is 0 Å². The largest absolute Gasteiger partial charge is 0.376 e. The van der Waals surface area contributed by atoms with Crippen molar-refractivity contribution in [3.05, 3.63) is 35.9 Å². The van der Waals surface area contributed by atoms with Gasteiger partial charge in [0.25, 0.3) is 0 Å². The van der Waals surface area contributed by atoms with Crippen LogP contribution in [0.3, 0.4) is 0 Å². The maximum atomic E-state index is 6.27. The molecule has 25 heavy (non-hydrogen) atoms. The summed E-state index contributed by atoms with van der Waals surface area (Å²) in [6.07, 6.45) is 16.2. The third-order valence-electron chi connectivity index (χ3n) is 5.45. The van der Waals surface area contributed by atoms with Crippen LogP contribution in [-0.4, -0.2) is 6.61 Å². The topological polar surface area (TPSA) is 9.23 Å². The summed E-state index contributed by atoms with van der Waals surface area (Å²) in [7, 11) is 0. The van der Waals surface area contributed by atoms with Crippen molar-refractivity contribution >= 4 is 0 Å². The molecule has 0 saturated carbocycles. The lowest BCUT2D eigenvalue weighted by molar-refractivity contribution is 0.0132. The van der Waals surface area contributed by atoms with Crippen molar-refractivity contribution in [1.82, 2.24) is 0 Å². The zero-order valence-electron chi connectivity index (χ0n) is 17.2. The third-order valence-corrected chi connectivity index (χ3v) is 5.45.